The second kappa shape index (κ2) is 74.3. The van der Waals surface area contributed by atoms with Crippen molar-refractivity contribution in [2.45, 2.75) is 148 Å². The van der Waals surface area contributed by atoms with Gasteiger partial charge in [-0.1, -0.05) is 0 Å². The molecule has 0 aromatic rings. The molecule has 69 nitrogen and oxygen atoms in total. The zero-order chi connectivity index (χ0) is 87.7. The molecule has 5 aliphatic rings. The summed E-state index contributed by atoms with van der Waals surface area (Å²) in [5.74, 6) is 0. The van der Waals surface area contributed by atoms with E-state index < -0.39 is 343 Å². The smallest absolute Gasteiger partial charge is 0.726 e. The fourth-order valence-corrected chi connectivity index (χ4v) is 16.6. The second-order valence-corrected chi connectivity index (χ2v) is 36.4. The molecule has 5 saturated heterocycles. The number of hydrogen-bond donors (Lipinski definition) is 0. The van der Waals surface area contributed by atoms with Gasteiger partial charge in [-0.15, -0.1) is 0 Å². The molecule has 0 aromatic heterocycles. The van der Waals surface area contributed by atoms with Gasteiger partial charge >= 0.3 is 771 Å². The van der Waals surface area contributed by atoms with Gasteiger partial charge < -0.3 is 111 Å². The van der Waals surface area contributed by atoms with Crippen molar-refractivity contribution in [3.8, 4) is 0 Å². The summed E-state index contributed by atoms with van der Waals surface area (Å²) in [4.78, 5) is 0. The molecule has 676 valence electrons. The Labute approximate surface area is 1370 Å². The van der Waals surface area contributed by atoms with Crippen LogP contribution in [-0.2, 0) is 261 Å². The molecule has 99 heteroatoms. The third kappa shape index (κ3) is 74.0. The Balaban J connectivity index is -0.00000103. The molecule has 0 bridgehead atoms. The molecule has 0 unspecified atom stereocenters. The topological polar surface area (TPSA) is 1080 Å². The fourth-order valence-electron chi connectivity index (χ4n) is 9.95. The molecule has 5 fully saturated rings. The van der Waals surface area contributed by atoms with Crippen molar-refractivity contribution in [3.63, 3.8) is 0 Å². The zero-order valence-corrected chi connectivity index (χ0v) is 127. The van der Waals surface area contributed by atoms with Crippen LogP contribution in [0, 0.1) is 0 Å². The van der Waals surface area contributed by atoms with E-state index in [1.54, 1.807) is 0 Å². The largest absolute Gasteiger partial charge is 1.00 e. The minimum atomic E-state index is -6.95. The molecule has 0 N–H and O–H groups in total. The Morgan fingerprint density at radius 1 is 0.186 bits per heavy atom. The molecule has 5 rings (SSSR count). The molecular formula is C30H37K15O69S15. The van der Waals surface area contributed by atoms with Crippen molar-refractivity contribution in [2.75, 3.05) is 39.6 Å². The molecule has 23 atom stereocenters. The van der Waals surface area contributed by atoms with Gasteiger partial charge in [-0.3, -0.25) is 62.7 Å². The van der Waals surface area contributed by atoms with E-state index in [0.717, 1.165) is 0 Å². The van der Waals surface area contributed by atoms with Crippen LogP contribution in [-0.4, -0.2) is 375 Å². The molecule has 5 aliphatic heterocycles. The standard InChI is InChI=1S/C30H52O69S15.15K/c31-100(32,33)78-4-11-16(87-29-26(98-113(70,71)72)23(95-110(61,62)63)20(92-107(52,53)54)13(85-29)6-80-102(37,38)39)8(89-104(43,44)45)1-15(83-11)76-2-9-18(90-105(46,47)48)19(91-106(49,50)51)10(82-9)3-77-28-25(97-112(67,68)69)22(94-109(58,59)60)17(12(84-28)5-79-101(34,35)36)88-30-27(99-114(73,74)75)24(96-111(64,65)66)21(93-108(55,56)57)14(86-30)7-81-103(40,41)42;;;;;;;;;;;;;;;/h8-30H,1-7H2,(H,31,32,33)(H,34,35,36)(H,37,38,39)(H,40,41,42)(H,43,44,45)(H,46,47,48)(H,49,50,51)(H,52,53,54)(H,55,56,57)(H,58,59,60)(H,61,62,63)(H,64,65,66)(H,67,68,69)(H,70,71,72)(H,73,74,75);;;;;;;;;;;;;;;/q;15*+1/p-15/t8-,9+,10+,11-,12-,13-,14-,15-,16+,17-,18+,19+,20-,21-,22+,23+,24+,25-,26-,27-,28-,29-,30-;;;;;;;;;;;;;;;/m1.............../s1. The minimum absolute atomic E-state index is 0. The van der Waals surface area contributed by atoms with Gasteiger partial charge in [-0.25, -0.2) is 126 Å². The second-order valence-electron chi connectivity index (χ2n) is 21.1. The van der Waals surface area contributed by atoms with E-state index in [9.17, 15) is 195 Å². The van der Waals surface area contributed by atoms with Crippen molar-refractivity contribution in [3.05, 3.63) is 0 Å². The third-order valence-electron chi connectivity index (χ3n) is 13.2. The van der Waals surface area contributed by atoms with Gasteiger partial charge in [0.05, 0.1) is 39.6 Å². The van der Waals surface area contributed by atoms with Gasteiger partial charge in [0, 0.05) is 6.42 Å². The minimum Gasteiger partial charge on any atom is -0.726 e. The molecule has 0 aliphatic carbocycles. The van der Waals surface area contributed by atoms with E-state index >= 15 is 0 Å². The first-order valence-corrected chi connectivity index (χ1v) is 47.0. The van der Waals surface area contributed by atoms with Crippen LogP contribution in [0.4, 0.5) is 0 Å². The normalized spacial score (nSPS) is 29.1. The summed E-state index contributed by atoms with van der Waals surface area (Å²) in [5, 5.41) is 0. The molecule has 0 spiro atoms. The van der Waals surface area contributed by atoms with Crippen LogP contribution in [0.3, 0.4) is 0 Å². The van der Waals surface area contributed by atoms with Crippen molar-refractivity contribution in [1.29, 1.82) is 0 Å². The average molecular weight is 2570 g/mol. The summed E-state index contributed by atoms with van der Waals surface area (Å²) in [6, 6.07) is 0. The molecule has 0 amide bonds. The molecule has 5 heterocycles. The van der Waals surface area contributed by atoms with Gasteiger partial charge in [-0.2, -0.15) is 0 Å². The summed E-state index contributed by atoms with van der Waals surface area (Å²) in [7, 11) is -99.0. The fraction of sp³-hybridized carbons (Fsp3) is 1.00. The first kappa shape index (κ1) is 174. The Hall–Kier alpha value is 22.2. The van der Waals surface area contributed by atoms with Crippen LogP contribution >= 0.6 is 0 Å². The van der Waals surface area contributed by atoms with Crippen molar-refractivity contribution in [1.82, 2.24) is 0 Å². The molecule has 0 saturated carbocycles. The summed E-state index contributed by atoms with van der Waals surface area (Å²) in [5.41, 5.74) is 0. The molecular weight excluding hydrogens is 2530 g/mol. The van der Waals surface area contributed by atoms with Gasteiger partial charge in [0.25, 0.3) is 0 Å². The van der Waals surface area contributed by atoms with Crippen LogP contribution in [0.15, 0.2) is 0 Å². The average Bonchev–Trinajstić information content (AvgIpc) is 1.74. The number of ether oxygens (including phenoxy) is 9. The Morgan fingerprint density at radius 2 is 0.372 bits per heavy atom. The van der Waals surface area contributed by atoms with Gasteiger partial charge in [-0.05, 0) is 0 Å². The van der Waals surface area contributed by atoms with E-state index in [0.29, 0.717) is 0 Å². The van der Waals surface area contributed by atoms with Gasteiger partial charge in [0.1, 0.15) is 97.7 Å². The number of rotatable bonds is 44. The maximum atomic E-state index is 12.5. The summed E-state index contributed by atoms with van der Waals surface area (Å²) >= 11 is 0. The molecule has 0 radical (unpaired) electrons. The van der Waals surface area contributed by atoms with Crippen LogP contribution < -0.4 is 771 Å². The van der Waals surface area contributed by atoms with Gasteiger partial charge in [0.15, 0.2) is 43.5 Å². The van der Waals surface area contributed by atoms with Crippen LogP contribution in [0.25, 0.3) is 0 Å². The quantitative estimate of drug-likeness (QED) is 0.0310. The van der Waals surface area contributed by atoms with Crippen molar-refractivity contribution < 1.29 is 1070 Å². The SMILES string of the molecule is O=S(=O)([O-])OC[C@H]1O[C@@H](OC[C@@H]2O[C@@H](CO[C@@H]3O[C@H](COS(=O)(=O)[O-])[C@@H](O[C@H]4O[C@H](COS(=O)(=O)[O-])[C@@H](OS(=O)(=O)[O-])[C@H](OS(=O)(=O)[O-])[C@H]4OS(=O)(=O)[O-])[C@H](OS(=O)(=O)[O-])[C@H]3OS(=O)(=O)[O-])[C@H](OS(=O)(=O)[O-])[C@H]2OS(=O)(=O)[O-])C[C@@H](OS(=O)(=O)[O-])[C@@H]1O[C@H]1O[C@H](COS(=O)(=O)[O-])[C@@H](OS(=O)(=O)[O-])[C@H](OS(=O)(=O)[O-])[C@H]1OS(=O)(=O)[O-].[K+].[K+].[K+].[K+].[K+].[K+].[K+].[K+].[K+].[K+].[K+].[K+].[K+].[K+].[K+]. The molecule has 129 heavy (non-hydrogen) atoms. The van der Waals surface area contributed by atoms with E-state index in [1.807, 2.05) is 0 Å². The molecule has 0 aromatic carbocycles. The predicted molar refractivity (Wildman–Crippen MR) is 292 cm³/mol. The monoisotopic (exact) mass is 2560 g/mol. The third-order valence-corrected chi connectivity index (χ3v) is 19.9. The summed E-state index contributed by atoms with van der Waals surface area (Å²) < 4.78 is 647. The van der Waals surface area contributed by atoms with E-state index in [2.05, 4.69) is 62.7 Å². The Morgan fingerprint density at radius 3 is 0.628 bits per heavy atom. The van der Waals surface area contributed by atoms with E-state index in [-0.39, 0.29) is 771 Å². The Bertz CT molecular complexity index is 5250. The Kier molecular flexibility index (Phi) is 99.9. The first-order valence-electron chi connectivity index (χ1n) is 27.0. The maximum Gasteiger partial charge on any atom is 1.00 e. The predicted octanol–water partition coefficient (Wildman–Crippen LogP) is -62.9. The van der Waals surface area contributed by atoms with Gasteiger partial charge in [0.2, 0.25) is 156 Å². The van der Waals surface area contributed by atoms with Crippen molar-refractivity contribution in [2.24, 2.45) is 0 Å². The maximum absolute atomic E-state index is 12.5. The summed E-state index contributed by atoms with van der Waals surface area (Å²) in [6.07, 6.45) is -81.0. The van der Waals surface area contributed by atoms with Crippen LogP contribution in [0.5, 0.6) is 0 Å². The van der Waals surface area contributed by atoms with Crippen LogP contribution in [0.2, 0.25) is 0 Å². The summed E-state index contributed by atoms with van der Waals surface area (Å²) in [6.45, 7) is -13.2. The zero-order valence-electron chi connectivity index (χ0n) is 67.5. The number of hydrogen-bond acceptors (Lipinski definition) is 69. The van der Waals surface area contributed by atoms with E-state index in [1.165, 1.54) is 0 Å². The first-order chi connectivity index (χ1) is 50.8. The van der Waals surface area contributed by atoms with E-state index in [4.69, 9.17) is 42.6 Å². The van der Waals surface area contributed by atoms with Crippen molar-refractivity contribution >= 4 is 156 Å². The van der Waals surface area contributed by atoms with Crippen LogP contribution in [0.1, 0.15) is 6.42 Å².